The quantitative estimate of drug-likeness (QED) is 0.0396. The molecule has 0 aliphatic carbocycles. The molecule has 0 heterocycles. The Kier molecular flexibility index (Phi) is 39.1. The zero-order valence-corrected chi connectivity index (χ0v) is 32.9. The molecule has 4 nitrogen and oxygen atoms in total. The molecule has 0 aromatic rings. The lowest BCUT2D eigenvalue weighted by Crippen LogP contribution is -2.18. The lowest BCUT2D eigenvalue weighted by Gasteiger charge is -2.18. The molecule has 0 aliphatic rings. The van der Waals surface area contributed by atoms with E-state index in [0.717, 1.165) is 83.5 Å². The third-order valence-corrected chi connectivity index (χ3v) is 9.25. The third-order valence-electron chi connectivity index (χ3n) is 9.25. The molecule has 0 aliphatic heterocycles. The second-order valence-electron chi connectivity index (χ2n) is 14.2. The molecule has 0 spiro atoms. The largest absolute Gasteiger partial charge is 0.481 e. The summed E-state index contributed by atoms with van der Waals surface area (Å²) in [5.41, 5.74) is 0. The van der Waals surface area contributed by atoms with Crippen LogP contribution in [-0.4, -0.2) is 23.1 Å². The third kappa shape index (κ3) is 40.1. The predicted octanol–water partition coefficient (Wildman–Crippen LogP) is 14.9. The number of aliphatic carboxylic acids is 1. The van der Waals surface area contributed by atoms with Crippen molar-refractivity contribution in [3.8, 4) is 0 Å². The molecule has 0 bridgehead atoms. The van der Waals surface area contributed by atoms with Crippen LogP contribution in [0.25, 0.3) is 0 Å². The summed E-state index contributed by atoms with van der Waals surface area (Å²) < 4.78 is 6.00. The molecule has 0 saturated carbocycles. The van der Waals surface area contributed by atoms with Gasteiger partial charge in [-0.2, -0.15) is 0 Å². The van der Waals surface area contributed by atoms with Crippen molar-refractivity contribution in [2.45, 2.75) is 219 Å². The van der Waals surface area contributed by atoms with E-state index in [-0.39, 0.29) is 12.1 Å². The number of carbonyl (C=O) groups excluding carboxylic acids is 1. The average Bonchev–Trinajstić information content (AvgIpc) is 3.10. The van der Waals surface area contributed by atoms with E-state index in [4.69, 9.17) is 9.84 Å². The summed E-state index contributed by atoms with van der Waals surface area (Å²) in [5.74, 6) is -0.655. The number of ether oxygens (including phenoxy) is 1. The molecule has 0 fully saturated rings. The van der Waals surface area contributed by atoms with E-state index < -0.39 is 5.97 Å². The molecular formula is C46H80O4. The van der Waals surface area contributed by atoms with Crippen molar-refractivity contribution >= 4 is 11.9 Å². The molecule has 0 saturated heterocycles. The van der Waals surface area contributed by atoms with Crippen molar-refractivity contribution in [2.75, 3.05) is 0 Å². The van der Waals surface area contributed by atoms with Crippen LogP contribution >= 0.6 is 0 Å². The summed E-state index contributed by atoms with van der Waals surface area (Å²) in [7, 11) is 0. The molecule has 0 amide bonds. The summed E-state index contributed by atoms with van der Waals surface area (Å²) in [4.78, 5) is 23.2. The first-order valence-electron chi connectivity index (χ1n) is 21.3. The van der Waals surface area contributed by atoms with Crippen molar-refractivity contribution in [2.24, 2.45) is 0 Å². The van der Waals surface area contributed by atoms with Crippen LogP contribution in [0.2, 0.25) is 0 Å². The maximum Gasteiger partial charge on any atom is 0.306 e. The van der Waals surface area contributed by atoms with Gasteiger partial charge in [0.15, 0.2) is 0 Å². The zero-order chi connectivity index (χ0) is 36.4. The van der Waals surface area contributed by atoms with E-state index in [2.05, 4.69) is 74.6 Å². The number of unbranched alkanes of at least 4 members (excludes halogenated alkanes) is 19. The average molecular weight is 697 g/mol. The zero-order valence-electron chi connectivity index (χ0n) is 32.9. The van der Waals surface area contributed by atoms with Gasteiger partial charge in [-0.25, -0.2) is 0 Å². The number of carboxylic acids is 1. The molecular weight excluding hydrogens is 617 g/mol. The van der Waals surface area contributed by atoms with E-state index >= 15 is 0 Å². The van der Waals surface area contributed by atoms with Gasteiger partial charge in [-0.3, -0.25) is 9.59 Å². The van der Waals surface area contributed by atoms with Crippen LogP contribution in [0.5, 0.6) is 0 Å². The maximum atomic E-state index is 12.6. The van der Waals surface area contributed by atoms with E-state index in [1.54, 1.807) is 0 Å². The van der Waals surface area contributed by atoms with Crippen molar-refractivity contribution in [3.05, 3.63) is 60.8 Å². The van der Waals surface area contributed by atoms with Crippen LogP contribution in [0.3, 0.4) is 0 Å². The van der Waals surface area contributed by atoms with Crippen LogP contribution in [0.15, 0.2) is 60.8 Å². The first-order chi connectivity index (χ1) is 24.6. The highest BCUT2D eigenvalue weighted by atomic mass is 16.5. The van der Waals surface area contributed by atoms with E-state index in [0.29, 0.717) is 12.8 Å². The van der Waals surface area contributed by atoms with Gasteiger partial charge in [0.1, 0.15) is 6.10 Å². The van der Waals surface area contributed by atoms with Crippen LogP contribution in [-0.2, 0) is 14.3 Å². The summed E-state index contributed by atoms with van der Waals surface area (Å²) in [6.07, 6.45) is 57.1. The van der Waals surface area contributed by atoms with E-state index in [9.17, 15) is 9.59 Å². The fraction of sp³-hybridized carbons (Fsp3) is 0.739. The van der Waals surface area contributed by atoms with Gasteiger partial charge in [0, 0.05) is 12.8 Å². The molecule has 0 aromatic carbocycles. The molecule has 288 valence electrons. The molecule has 0 radical (unpaired) electrons. The Morgan fingerprint density at radius 2 is 0.840 bits per heavy atom. The van der Waals surface area contributed by atoms with Crippen LogP contribution < -0.4 is 0 Å². The van der Waals surface area contributed by atoms with Crippen LogP contribution in [0, 0.1) is 0 Å². The summed E-state index contributed by atoms with van der Waals surface area (Å²) in [5, 5.41) is 8.69. The van der Waals surface area contributed by atoms with Crippen molar-refractivity contribution < 1.29 is 19.4 Å². The van der Waals surface area contributed by atoms with E-state index in [1.807, 2.05) is 0 Å². The number of hydrogen-bond donors (Lipinski definition) is 1. The predicted molar refractivity (Wildman–Crippen MR) is 218 cm³/mol. The minimum atomic E-state index is -0.668. The van der Waals surface area contributed by atoms with Crippen LogP contribution in [0.1, 0.15) is 213 Å². The lowest BCUT2D eigenvalue weighted by atomic mass is 10.0. The summed E-state index contributed by atoms with van der Waals surface area (Å²) in [6, 6.07) is 0. The fourth-order valence-electron chi connectivity index (χ4n) is 6.15. The minimum absolute atomic E-state index is 0.0126. The molecule has 4 heteroatoms. The number of carboxylic acid groups (broad SMARTS) is 1. The highest BCUT2D eigenvalue weighted by Crippen LogP contribution is 2.18. The number of esters is 1. The SMILES string of the molecule is CC/C=C\C/C=C\C/C=C\C/C=C\C/C=C\CCCCCC(=O)OC(CCCCCC)CCCCCCCCCCCCCCCCC(=O)O. The standard InChI is InChI=1S/C46H80O4/c1-3-5-7-9-10-11-12-13-14-15-16-17-18-23-26-29-32-35-39-43-46(49)50-44(40-36-8-6-4-2)41-37-33-30-27-24-21-19-20-22-25-28-31-34-38-42-45(47)48/h5,7,10-11,13-14,16-17,23,26,44H,3-4,6,8-9,12,15,18-22,24-25,27-43H2,1-2H3,(H,47,48)/b7-5-,11-10-,14-13-,17-16-,26-23-. The van der Waals surface area contributed by atoms with Gasteiger partial charge < -0.3 is 9.84 Å². The van der Waals surface area contributed by atoms with Gasteiger partial charge in [0.25, 0.3) is 0 Å². The van der Waals surface area contributed by atoms with Crippen molar-refractivity contribution in [1.82, 2.24) is 0 Å². The molecule has 1 atom stereocenters. The highest BCUT2D eigenvalue weighted by molar-refractivity contribution is 5.69. The van der Waals surface area contributed by atoms with Gasteiger partial charge in [0.05, 0.1) is 0 Å². The normalized spacial score (nSPS) is 12.8. The van der Waals surface area contributed by atoms with Gasteiger partial charge in [0.2, 0.25) is 0 Å². The van der Waals surface area contributed by atoms with Gasteiger partial charge >= 0.3 is 11.9 Å². The Morgan fingerprint density at radius 3 is 1.30 bits per heavy atom. The topological polar surface area (TPSA) is 63.6 Å². The smallest absolute Gasteiger partial charge is 0.306 e. The second kappa shape index (κ2) is 41.1. The Morgan fingerprint density at radius 1 is 0.460 bits per heavy atom. The van der Waals surface area contributed by atoms with Gasteiger partial charge in [-0.1, -0.05) is 177 Å². The number of carbonyl (C=O) groups is 2. The lowest BCUT2D eigenvalue weighted by molar-refractivity contribution is -0.150. The first-order valence-corrected chi connectivity index (χ1v) is 21.3. The fourth-order valence-corrected chi connectivity index (χ4v) is 6.15. The molecule has 50 heavy (non-hydrogen) atoms. The number of hydrogen-bond acceptors (Lipinski definition) is 3. The van der Waals surface area contributed by atoms with Crippen LogP contribution in [0.4, 0.5) is 0 Å². The Hall–Kier alpha value is -2.36. The Labute approximate surface area is 310 Å². The number of allylic oxidation sites excluding steroid dienone is 10. The van der Waals surface area contributed by atoms with Crippen molar-refractivity contribution in [1.29, 1.82) is 0 Å². The first kappa shape index (κ1) is 47.6. The molecule has 0 rings (SSSR count). The molecule has 1 unspecified atom stereocenters. The Balaban J connectivity index is 3.87. The highest BCUT2D eigenvalue weighted by Gasteiger charge is 2.14. The maximum absolute atomic E-state index is 12.6. The molecule has 1 N–H and O–H groups in total. The monoisotopic (exact) mass is 697 g/mol. The van der Waals surface area contributed by atoms with Gasteiger partial charge in [-0.15, -0.1) is 0 Å². The van der Waals surface area contributed by atoms with Crippen molar-refractivity contribution in [3.63, 3.8) is 0 Å². The Bertz CT molecular complexity index is 881. The molecule has 0 aromatic heterocycles. The summed E-state index contributed by atoms with van der Waals surface area (Å²) >= 11 is 0. The minimum Gasteiger partial charge on any atom is -0.481 e. The number of rotatable bonds is 38. The summed E-state index contributed by atoms with van der Waals surface area (Å²) in [6.45, 7) is 4.41. The van der Waals surface area contributed by atoms with E-state index in [1.165, 1.54) is 103 Å². The van der Waals surface area contributed by atoms with Gasteiger partial charge in [-0.05, 0) is 83.5 Å². The second-order valence-corrected chi connectivity index (χ2v) is 14.2.